The number of nitriles is 1. The van der Waals surface area contributed by atoms with Crippen LogP contribution >= 0.6 is 15.9 Å². The van der Waals surface area contributed by atoms with E-state index in [4.69, 9.17) is 15.7 Å². The second-order valence-electron chi connectivity index (χ2n) is 2.38. The minimum Gasteiger partial charge on any atom is -0.492 e. The summed E-state index contributed by atoms with van der Waals surface area (Å²) >= 11 is 3.23. The Bertz CT molecular complexity index is 357. The molecule has 0 aliphatic carbocycles. The van der Waals surface area contributed by atoms with Crippen molar-refractivity contribution in [1.82, 2.24) is 0 Å². The molecule has 1 aromatic carbocycles. The number of hydrogen-bond acceptors (Lipinski definition) is 3. The Morgan fingerprint density at radius 3 is 2.85 bits per heavy atom. The number of halogens is 1. The highest BCUT2D eigenvalue weighted by Crippen LogP contribution is 2.30. The molecule has 0 saturated carbocycles. The maximum absolute atomic E-state index is 8.78. The molecule has 0 heterocycles. The zero-order valence-electron chi connectivity index (χ0n) is 7.17. The number of benzene rings is 1. The number of rotatable bonds is 2. The number of anilines is 1. The summed E-state index contributed by atoms with van der Waals surface area (Å²) in [5.74, 6) is 0.558. The molecule has 1 rings (SSSR count). The summed E-state index contributed by atoms with van der Waals surface area (Å²) in [7, 11) is 0. The Morgan fingerprint density at radius 1 is 1.62 bits per heavy atom. The van der Waals surface area contributed by atoms with E-state index < -0.39 is 0 Å². The first-order valence-electron chi connectivity index (χ1n) is 3.81. The van der Waals surface area contributed by atoms with Gasteiger partial charge in [-0.1, -0.05) is 0 Å². The lowest BCUT2D eigenvalue weighted by atomic mass is 10.2. The molecule has 2 N–H and O–H groups in total. The summed E-state index contributed by atoms with van der Waals surface area (Å²) in [5, 5.41) is 8.78. The predicted molar refractivity (Wildman–Crippen MR) is 54.4 cm³/mol. The van der Waals surface area contributed by atoms with E-state index in [1.807, 2.05) is 13.0 Å². The van der Waals surface area contributed by atoms with E-state index in [1.54, 1.807) is 12.1 Å². The summed E-state index contributed by atoms with van der Waals surface area (Å²) in [6, 6.07) is 5.50. The van der Waals surface area contributed by atoms with Gasteiger partial charge < -0.3 is 10.5 Å². The van der Waals surface area contributed by atoms with Crippen LogP contribution in [0.1, 0.15) is 12.5 Å². The third-order valence-electron chi connectivity index (χ3n) is 1.57. The van der Waals surface area contributed by atoms with Crippen molar-refractivity contribution in [2.45, 2.75) is 6.92 Å². The Kier molecular flexibility index (Phi) is 3.15. The van der Waals surface area contributed by atoms with Gasteiger partial charge in [-0.15, -0.1) is 0 Å². The van der Waals surface area contributed by atoms with Gasteiger partial charge in [0.2, 0.25) is 0 Å². The van der Waals surface area contributed by atoms with Gasteiger partial charge in [0.25, 0.3) is 0 Å². The molecule has 0 amide bonds. The lowest BCUT2D eigenvalue weighted by Crippen LogP contribution is -1.99. The molecular formula is C9H9BrN2O. The van der Waals surface area contributed by atoms with Crippen LogP contribution in [0.15, 0.2) is 16.6 Å². The molecule has 0 bridgehead atoms. The van der Waals surface area contributed by atoms with Crippen molar-refractivity contribution in [3.05, 3.63) is 22.2 Å². The van der Waals surface area contributed by atoms with Gasteiger partial charge in [-0.2, -0.15) is 5.26 Å². The fourth-order valence-corrected chi connectivity index (χ4v) is 1.40. The third kappa shape index (κ3) is 1.93. The quantitative estimate of drug-likeness (QED) is 0.808. The zero-order chi connectivity index (χ0) is 9.84. The van der Waals surface area contributed by atoms with Crippen molar-refractivity contribution in [1.29, 1.82) is 5.26 Å². The van der Waals surface area contributed by atoms with Crippen LogP contribution in [0.25, 0.3) is 0 Å². The van der Waals surface area contributed by atoms with Crippen molar-refractivity contribution < 1.29 is 4.74 Å². The lowest BCUT2D eigenvalue weighted by Gasteiger charge is -2.08. The Morgan fingerprint density at radius 2 is 2.31 bits per heavy atom. The summed E-state index contributed by atoms with van der Waals surface area (Å²) in [6.45, 7) is 2.41. The molecule has 0 saturated heterocycles. The van der Waals surface area contributed by atoms with Gasteiger partial charge in [0.1, 0.15) is 11.8 Å². The number of nitrogens with two attached hydrogens (primary N) is 1. The Labute approximate surface area is 85.2 Å². The lowest BCUT2D eigenvalue weighted by molar-refractivity contribution is 0.342. The standard InChI is InChI=1S/C9H9BrN2O/c1-2-13-8-4-3-7(10)6(5-11)9(8)12/h3-4H,2,12H2,1H3. The molecule has 0 aliphatic heterocycles. The SMILES string of the molecule is CCOc1ccc(Br)c(C#N)c1N. The molecule has 0 radical (unpaired) electrons. The summed E-state index contributed by atoms with van der Waals surface area (Å²) < 4.78 is 5.93. The van der Waals surface area contributed by atoms with Crippen LogP contribution in [0.2, 0.25) is 0 Å². The first-order valence-corrected chi connectivity index (χ1v) is 4.60. The third-order valence-corrected chi connectivity index (χ3v) is 2.23. The highest BCUT2D eigenvalue weighted by Gasteiger charge is 2.08. The van der Waals surface area contributed by atoms with Crippen molar-refractivity contribution >= 4 is 21.6 Å². The van der Waals surface area contributed by atoms with Gasteiger partial charge in [0.15, 0.2) is 0 Å². The zero-order valence-corrected chi connectivity index (χ0v) is 8.76. The van der Waals surface area contributed by atoms with Crippen molar-refractivity contribution in [3.63, 3.8) is 0 Å². The van der Waals surface area contributed by atoms with Crippen molar-refractivity contribution in [3.8, 4) is 11.8 Å². The smallest absolute Gasteiger partial charge is 0.143 e. The fraction of sp³-hybridized carbons (Fsp3) is 0.222. The number of nitrogen functional groups attached to an aromatic ring is 1. The summed E-state index contributed by atoms with van der Waals surface area (Å²) in [4.78, 5) is 0. The minimum absolute atomic E-state index is 0.388. The fourth-order valence-electron chi connectivity index (χ4n) is 0.969. The Balaban J connectivity index is 3.21. The highest BCUT2D eigenvalue weighted by atomic mass is 79.9. The van der Waals surface area contributed by atoms with Gasteiger partial charge in [-0.3, -0.25) is 0 Å². The Hall–Kier alpha value is -1.21. The van der Waals surface area contributed by atoms with Crippen LogP contribution in [0.3, 0.4) is 0 Å². The van der Waals surface area contributed by atoms with Gasteiger partial charge in [0.05, 0.1) is 17.9 Å². The second kappa shape index (κ2) is 4.15. The van der Waals surface area contributed by atoms with E-state index in [0.29, 0.717) is 28.1 Å². The minimum atomic E-state index is 0.388. The van der Waals surface area contributed by atoms with E-state index in [9.17, 15) is 0 Å². The van der Waals surface area contributed by atoms with E-state index >= 15 is 0 Å². The van der Waals surface area contributed by atoms with E-state index in [1.165, 1.54) is 0 Å². The highest BCUT2D eigenvalue weighted by molar-refractivity contribution is 9.10. The first kappa shape index (κ1) is 9.87. The number of ether oxygens (including phenoxy) is 1. The summed E-state index contributed by atoms with van der Waals surface area (Å²) in [5.41, 5.74) is 6.51. The molecule has 0 unspecified atom stereocenters. The second-order valence-corrected chi connectivity index (χ2v) is 3.23. The number of hydrogen-bond donors (Lipinski definition) is 1. The van der Waals surface area contributed by atoms with E-state index in [-0.39, 0.29) is 0 Å². The van der Waals surface area contributed by atoms with Crippen LogP contribution in [-0.4, -0.2) is 6.61 Å². The van der Waals surface area contributed by atoms with E-state index in [2.05, 4.69) is 15.9 Å². The summed E-state index contributed by atoms with van der Waals surface area (Å²) in [6.07, 6.45) is 0. The molecule has 0 atom stereocenters. The van der Waals surface area contributed by atoms with Crippen LogP contribution in [0.5, 0.6) is 5.75 Å². The normalized spacial score (nSPS) is 9.31. The molecule has 4 heteroatoms. The largest absolute Gasteiger partial charge is 0.492 e. The molecule has 68 valence electrons. The topological polar surface area (TPSA) is 59.0 Å². The molecule has 13 heavy (non-hydrogen) atoms. The molecule has 0 fully saturated rings. The maximum Gasteiger partial charge on any atom is 0.143 e. The monoisotopic (exact) mass is 240 g/mol. The van der Waals surface area contributed by atoms with Crippen LogP contribution in [0.4, 0.5) is 5.69 Å². The van der Waals surface area contributed by atoms with Gasteiger partial charge in [-0.05, 0) is 35.0 Å². The van der Waals surface area contributed by atoms with Crippen LogP contribution in [-0.2, 0) is 0 Å². The van der Waals surface area contributed by atoms with Gasteiger partial charge in [-0.25, -0.2) is 0 Å². The molecule has 0 spiro atoms. The average molecular weight is 241 g/mol. The predicted octanol–water partition coefficient (Wildman–Crippen LogP) is 2.30. The van der Waals surface area contributed by atoms with Crippen molar-refractivity contribution in [2.75, 3.05) is 12.3 Å². The maximum atomic E-state index is 8.78. The average Bonchev–Trinajstić information content (AvgIpc) is 2.11. The first-order chi connectivity index (χ1) is 6.20. The molecule has 1 aromatic rings. The molecular weight excluding hydrogens is 232 g/mol. The number of nitrogens with zero attached hydrogens (tertiary/aromatic N) is 1. The van der Waals surface area contributed by atoms with Gasteiger partial charge in [0, 0.05) is 4.47 Å². The molecule has 3 nitrogen and oxygen atoms in total. The van der Waals surface area contributed by atoms with E-state index in [0.717, 1.165) is 0 Å². The molecule has 0 aliphatic rings. The van der Waals surface area contributed by atoms with Crippen molar-refractivity contribution in [2.24, 2.45) is 0 Å². The van der Waals surface area contributed by atoms with Crippen LogP contribution in [0, 0.1) is 11.3 Å². The van der Waals surface area contributed by atoms with Crippen LogP contribution < -0.4 is 10.5 Å². The molecule has 0 aromatic heterocycles. The van der Waals surface area contributed by atoms with Gasteiger partial charge >= 0.3 is 0 Å².